The van der Waals surface area contributed by atoms with Gasteiger partial charge in [0.1, 0.15) is 11.9 Å². The lowest BCUT2D eigenvalue weighted by molar-refractivity contribution is -0.0246. The molecule has 4 heterocycles. The van der Waals surface area contributed by atoms with Crippen molar-refractivity contribution in [3.05, 3.63) is 60.2 Å². The highest BCUT2D eigenvalue weighted by Crippen LogP contribution is 2.24. The van der Waals surface area contributed by atoms with Crippen molar-refractivity contribution in [2.75, 3.05) is 32.1 Å². The van der Waals surface area contributed by atoms with E-state index in [-0.39, 0.29) is 12.0 Å². The highest BCUT2D eigenvalue weighted by molar-refractivity contribution is 5.94. The predicted molar refractivity (Wildman–Crippen MR) is 100 cm³/mol. The Morgan fingerprint density at radius 2 is 2.30 bits per heavy atom. The second kappa shape index (κ2) is 7.55. The SMILES string of the molecule is CNc1cc(C(=O)N2CCOC(c3cccc(-c4cn[nH]c4)n3)C2)ccn1. The number of hydrogen-bond acceptors (Lipinski definition) is 6. The van der Waals surface area contributed by atoms with Gasteiger partial charge in [0.05, 0.1) is 30.7 Å². The first-order chi connectivity index (χ1) is 13.2. The van der Waals surface area contributed by atoms with Crippen molar-refractivity contribution in [3.8, 4) is 11.3 Å². The van der Waals surface area contributed by atoms with Crippen LogP contribution >= 0.6 is 0 Å². The number of hydrogen-bond donors (Lipinski definition) is 2. The molecule has 1 saturated heterocycles. The maximum absolute atomic E-state index is 12.9. The Labute approximate surface area is 156 Å². The Hall–Kier alpha value is -3.26. The lowest BCUT2D eigenvalue weighted by Gasteiger charge is -2.33. The number of H-pyrrole nitrogens is 1. The van der Waals surface area contributed by atoms with Crippen LogP contribution in [0.2, 0.25) is 0 Å². The molecule has 2 N–H and O–H groups in total. The van der Waals surface area contributed by atoms with E-state index in [4.69, 9.17) is 4.74 Å². The number of carbonyl (C=O) groups excluding carboxylic acids is 1. The van der Waals surface area contributed by atoms with Crippen molar-refractivity contribution in [1.82, 2.24) is 25.1 Å². The van der Waals surface area contributed by atoms with E-state index >= 15 is 0 Å². The summed E-state index contributed by atoms with van der Waals surface area (Å²) in [5.41, 5.74) is 3.14. The highest BCUT2D eigenvalue weighted by Gasteiger charge is 2.27. The Kier molecular flexibility index (Phi) is 4.80. The minimum atomic E-state index is -0.264. The standard InChI is InChI=1S/C19H20N6O2/c1-20-18-9-13(5-6-21-18)19(26)25-7-8-27-17(12-25)16-4-2-3-15(24-16)14-10-22-23-11-14/h2-6,9-11,17H,7-8,12H2,1H3,(H,20,21)(H,22,23). The van der Waals surface area contributed by atoms with Gasteiger partial charge in [0.25, 0.3) is 5.91 Å². The third-order valence-electron chi connectivity index (χ3n) is 4.51. The van der Waals surface area contributed by atoms with Gasteiger partial charge < -0.3 is 15.0 Å². The minimum Gasteiger partial charge on any atom is -0.373 e. The molecule has 0 saturated carbocycles. The quantitative estimate of drug-likeness (QED) is 0.736. The number of pyridine rings is 2. The number of aromatic nitrogens is 4. The van der Waals surface area contributed by atoms with E-state index in [0.29, 0.717) is 31.1 Å². The normalized spacial score (nSPS) is 16.9. The summed E-state index contributed by atoms with van der Waals surface area (Å²) in [6.07, 6.45) is 4.89. The maximum Gasteiger partial charge on any atom is 0.254 e. The number of carbonyl (C=O) groups is 1. The van der Waals surface area contributed by atoms with Gasteiger partial charge in [-0.05, 0) is 24.3 Å². The van der Waals surface area contributed by atoms with Crippen LogP contribution in [0, 0.1) is 0 Å². The molecule has 1 amide bonds. The number of ether oxygens (including phenoxy) is 1. The van der Waals surface area contributed by atoms with E-state index in [1.807, 2.05) is 18.2 Å². The number of anilines is 1. The van der Waals surface area contributed by atoms with Crippen LogP contribution < -0.4 is 5.32 Å². The fraction of sp³-hybridized carbons (Fsp3) is 0.263. The smallest absolute Gasteiger partial charge is 0.254 e. The van der Waals surface area contributed by atoms with Crippen LogP contribution in [0.3, 0.4) is 0 Å². The molecule has 138 valence electrons. The zero-order valence-corrected chi connectivity index (χ0v) is 14.9. The fourth-order valence-electron chi connectivity index (χ4n) is 3.08. The largest absolute Gasteiger partial charge is 0.373 e. The number of nitrogens with one attached hydrogen (secondary N) is 2. The molecule has 0 aromatic carbocycles. The van der Waals surface area contributed by atoms with Crippen molar-refractivity contribution < 1.29 is 9.53 Å². The van der Waals surface area contributed by atoms with E-state index in [9.17, 15) is 4.79 Å². The molecule has 3 aromatic rings. The summed E-state index contributed by atoms with van der Waals surface area (Å²) in [6.45, 7) is 1.48. The first kappa shape index (κ1) is 17.2. The van der Waals surface area contributed by atoms with Crippen LogP contribution in [0.5, 0.6) is 0 Å². The van der Waals surface area contributed by atoms with E-state index < -0.39 is 0 Å². The van der Waals surface area contributed by atoms with E-state index in [1.165, 1.54) is 0 Å². The Bertz CT molecular complexity index is 927. The molecule has 0 bridgehead atoms. The highest BCUT2D eigenvalue weighted by atomic mass is 16.5. The van der Waals surface area contributed by atoms with Gasteiger partial charge in [0.15, 0.2) is 0 Å². The monoisotopic (exact) mass is 364 g/mol. The number of rotatable bonds is 4. The van der Waals surface area contributed by atoms with Crippen molar-refractivity contribution >= 4 is 11.7 Å². The molecule has 0 radical (unpaired) electrons. The molecule has 4 rings (SSSR count). The van der Waals surface area contributed by atoms with Crippen LogP contribution in [0.15, 0.2) is 48.9 Å². The number of aromatic amines is 1. The second-order valence-corrected chi connectivity index (χ2v) is 6.23. The van der Waals surface area contributed by atoms with Gasteiger partial charge in [-0.2, -0.15) is 5.10 Å². The molecule has 1 aliphatic heterocycles. The lowest BCUT2D eigenvalue weighted by atomic mass is 10.1. The third-order valence-corrected chi connectivity index (χ3v) is 4.51. The van der Waals surface area contributed by atoms with Crippen LogP contribution in [0.1, 0.15) is 22.2 Å². The molecule has 1 aliphatic rings. The molecular weight excluding hydrogens is 344 g/mol. The summed E-state index contributed by atoms with van der Waals surface area (Å²) in [6, 6.07) is 9.27. The van der Waals surface area contributed by atoms with Gasteiger partial charge in [0, 0.05) is 37.1 Å². The molecule has 27 heavy (non-hydrogen) atoms. The summed E-state index contributed by atoms with van der Waals surface area (Å²) >= 11 is 0. The maximum atomic E-state index is 12.9. The molecule has 8 nitrogen and oxygen atoms in total. The van der Waals surface area contributed by atoms with Crippen molar-refractivity contribution in [2.24, 2.45) is 0 Å². The van der Waals surface area contributed by atoms with Crippen LogP contribution in [-0.2, 0) is 4.74 Å². The summed E-state index contributed by atoms with van der Waals surface area (Å²) in [7, 11) is 1.78. The first-order valence-corrected chi connectivity index (χ1v) is 8.75. The molecule has 1 fully saturated rings. The molecule has 1 unspecified atom stereocenters. The molecule has 0 spiro atoms. The summed E-state index contributed by atoms with van der Waals surface area (Å²) in [5.74, 6) is 0.633. The third kappa shape index (κ3) is 3.65. The van der Waals surface area contributed by atoms with Gasteiger partial charge in [-0.3, -0.25) is 9.89 Å². The van der Waals surface area contributed by atoms with E-state index in [2.05, 4.69) is 25.5 Å². The van der Waals surface area contributed by atoms with Gasteiger partial charge in [-0.25, -0.2) is 9.97 Å². The zero-order valence-electron chi connectivity index (χ0n) is 14.9. The molecule has 0 aliphatic carbocycles. The summed E-state index contributed by atoms with van der Waals surface area (Å²) in [4.78, 5) is 23.5. The van der Waals surface area contributed by atoms with Gasteiger partial charge >= 0.3 is 0 Å². The van der Waals surface area contributed by atoms with Crippen LogP contribution in [0.4, 0.5) is 5.82 Å². The number of amides is 1. The Morgan fingerprint density at radius 3 is 3.11 bits per heavy atom. The van der Waals surface area contributed by atoms with Gasteiger partial charge in [-0.15, -0.1) is 0 Å². The summed E-state index contributed by atoms with van der Waals surface area (Å²) < 4.78 is 5.89. The van der Waals surface area contributed by atoms with E-state index in [1.54, 1.807) is 42.7 Å². The van der Waals surface area contributed by atoms with Gasteiger partial charge in [-0.1, -0.05) is 6.07 Å². The zero-order chi connectivity index (χ0) is 18.6. The second-order valence-electron chi connectivity index (χ2n) is 6.23. The predicted octanol–water partition coefficient (Wildman–Crippen LogP) is 2.12. The molecule has 8 heteroatoms. The Morgan fingerprint density at radius 1 is 1.37 bits per heavy atom. The van der Waals surface area contributed by atoms with Crippen LogP contribution in [0.25, 0.3) is 11.3 Å². The average molecular weight is 364 g/mol. The average Bonchev–Trinajstić information content (AvgIpc) is 3.28. The van der Waals surface area contributed by atoms with Crippen molar-refractivity contribution in [3.63, 3.8) is 0 Å². The van der Waals surface area contributed by atoms with Gasteiger partial charge in [0.2, 0.25) is 0 Å². The lowest BCUT2D eigenvalue weighted by Crippen LogP contribution is -2.42. The van der Waals surface area contributed by atoms with Crippen molar-refractivity contribution in [2.45, 2.75) is 6.10 Å². The fourth-order valence-corrected chi connectivity index (χ4v) is 3.08. The topological polar surface area (TPSA) is 96.0 Å². The number of nitrogens with zero attached hydrogens (tertiary/aromatic N) is 4. The number of morpholine rings is 1. The van der Waals surface area contributed by atoms with E-state index in [0.717, 1.165) is 17.0 Å². The van der Waals surface area contributed by atoms with Crippen LogP contribution in [-0.4, -0.2) is 57.7 Å². The summed E-state index contributed by atoms with van der Waals surface area (Å²) in [5, 5.41) is 9.71. The molecular formula is C19H20N6O2. The Balaban J connectivity index is 1.53. The first-order valence-electron chi connectivity index (χ1n) is 8.75. The van der Waals surface area contributed by atoms with Crippen molar-refractivity contribution in [1.29, 1.82) is 0 Å². The minimum absolute atomic E-state index is 0.0341. The molecule has 1 atom stereocenters. The molecule has 3 aromatic heterocycles.